The number of nitrogen functional groups attached to an aromatic ring is 1. The fourth-order valence-corrected chi connectivity index (χ4v) is 2.84. The van der Waals surface area contributed by atoms with E-state index in [1.165, 1.54) is 11.3 Å². The Morgan fingerprint density at radius 3 is 2.72 bits per heavy atom. The molecule has 0 saturated carbocycles. The molecule has 5 nitrogen and oxygen atoms in total. The number of rotatable bonds is 2. The third-order valence-electron chi connectivity index (χ3n) is 3.00. The summed E-state index contributed by atoms with van der Waals surface area (Å²) >= 11 is 1.36. The Bertz CT molecular complexity index is 568. The second-order valence-electron chi connectivity index (χ2n) is 4.22. The molecule has 1 saturated heterocycles. The Balaban J connectivity index is 1.83. The first kappa shape index (κ1) is 11.2. The van der Waals surface area contributed by atoms with Crippen LogP contribution in [0.3, 0.4) is 0 Å². The second-order valence-corrected chi connectivity index (χ2v) is 5.26. The zero-order valence-corrected chi connectivity index (χ0v) is 10.4. The van der Waals surface area contributed by atoms with E-state index in [9.17, 15) is 4.79 Å². The van der Waals surface area contributed by atoms with Gasteiger partial charge in [-0.3, -0.25) is 4.79 Å². The van der Waals surface area contributed by atoms with E-state index in [2.05, 4.69) is 10.2 Å². The van der Waals surface area contributed by atoms with Crippen molar-refractivity contribution < 1.29 is 4.79 Å². The number of aromatic nitrogens is 2. The highest BCUT2D eigenvalue weighted by atomic mass is 32.1. The van der Waals surface area contributed by atoms with Gasteiger partial charge >= 0.3 is 0 Å². The molecular weight excluding hydrogens is 248 g/mol. The zero-order valence-electron chi connectivity index (χ0n) is 9.61. The fraction of sp³-hybridized carbons (Fsp3) is 0.250. The molecule has 1 aromatic heterocycles. The summed E-state index contributed by atoms with van der Waals surface area (Å²) < 4.78 is 0. The number of amides is 1. The lowest BCUT2D eigenvalue weighted by molar-refractivity contribution is -0.117. The van der Waals surface area contributed by atoms with Gasteiger partial charge in [-0.05, 0) is 12.1 Å². The van der Waals surface area contributed by atoms with Crippen LogP contribution < -0.4 is 10.6 Å². The first-order valence-electron chi connectivity index (χ1n) is 5.68. The van der Waals surface area contributed by atoms with Gasteiger partial charge in [0, 0.05) is 24.6 Å². The summed E-state index contributed by atoms with van der Waals surface area (Å²) in [7, 11) is 0. The van der Waals surface area contributed by atoms with Crippen molar-refractivity contribution in [2.45, 2.75) is 12.3 Å². The number of para-hydroxylation sites is 1. The van der Waals surface area contributed by atoms with Crippen LogP contribution in [0.25, 0.3) is 0 Å². The van der Waals surface area contributed by atoms with Crippen LogP contribution in [0.5, 0.6) is 0 Å². The van der Waals surface area contributed by atoms with Crippen LogP contribution in [-0.2, 0) is 4.79 Å². The van der Waals surface area contributed by atoms with Gasteiger partial charge in [-0.15, -0.1) is 10.2 Å². The molecule has 1 amide bonds. The average Bonchev–Trinajstić information content (AvgIpc) is 2.97. The van der Waals surface area contributed by atoms with Crippen molar-refractivity contribution in [3.05, 3.63) is 35.3 Å². The monoisotopic (exact) mass is 260 g/mol. The molecule has 0 radical (unpaired) electrons. The molecule has 0 unspecified atom stereocenters. The maximum Gasteiger partial charge on any atom is 0.227 e. The van der Waals surface area contributed by atoms with E-state index < -0.39 is 0 Å². The van der Waals surface area contributed by atoms with Crippen molar-refractivity contribution in [2.24, 2.45) is 0 Å². The molecule has 1 aromatic carbocycles. The van der Waals surface area contributed by atoms with Gasteiger partial charge in [0.25, 0.3) is 0 Å². The van der Waals surface area contributed by atoms with E-state index in [4.69, 9.17) is 5.73 Å². The summed E-state index contributed by atoms with van der Waals surface area (Å²) in [5.41, 5.74) is 6.51. The maximum absolute atomic E-state index is 12.0. The SMILES string of the molecule is Nc1nnc([C@H]2CC(=O)N(c3ccccc3)C2)s1. The molecule has 1 aliphatic heterocycles. The van der Waals surface area contributed by atoms with E-state index in [0.29, 0.717) is 18.1 Å². The first-order chi connectivity index (χ1) is 8.74. The fourth-order valence-electron chi connectivity index (χ4n) is 2.14. The molecular formula is C12H12N4OS. The molecule has 1 fully saturated rings. The topological polar surface area (TPSA) is 72.1 Å². The van der Waals surface area contributed by atoms with Gasteiger partial charge in [-0.25, -0.2) is 0 Å². The molecule has 0 bridgehead atoms. The van der Waals surface area contributed by atoms with Gasteiger partial charge in [-0.2, -0.15) is 0 Å². The van der Waals surface area contributed by atoms with Gasteiger partial charge < -0.3 is 10.6 Å². The Morgan fingerprint density at radius 1 is 1.28 bits per heavy atom. The summed E-state index contributed by atoms with van der Waals surface area (Å²) in [4.78, 5) is 13.8. The second kappa shape index (κ2) is 4.38. The Kier molecular flexibility index (Phi) is 2.71. The third kappa shape index (κ3) is 1.95. The van der Waals surface area contributed by atoms with E-state index in [-0.39, 0.29) is 11.8 Å². The van der Waals surface area contributed by atoms with Crippen LogP contribution in [-0.4, -0.2) is 22.6 Å². The molecule has 2 aromatic rings. The van der Waals surface area contributed by atoms with Gasteiger partial charge in [-0.1, -0.05) is 29.5 Å². The number of carbonyl (C=O) groups is 1. The Hall–Kier alpha value is -1.95. The highest BCUT2D eigenvalue weighted by molar-refractivity contribution is 7.15. The summed E-state index contributed by atoms with van der Waals surface area (Å²) in [5, 5.41) is 9.13. The number of hydrogen-bond acceptors (Lipinski definition) is 5. The normalized spacial score (nSPS) is 19.4. The highest BCUT2D eigenvalue weighted by Crippen LogP contribution is 2.33. The molecule has 1 aliphatic rings. The third-order valence-corrected chi connectivity index (χ3v) is 3.91. The van der Waals surface area contributed by atoms with E-state index >= 15 is 0 Å². The van der Waals surface area contributed by atoms with Crippen LogP contribution in [0.15, 0.2) is 30.3 Å². The van der Waals surface area contributed by atoms with Crippen molar-refractivity contribution in [1.82, 2.24) is 10.2 Å². The van der Waals surface area contributed by atoms with Crippen molar-refractivity contribution in [3.63, 3.8) is 0 Å². The van der Waals surface area contributed by atoms with Crippen molar-refractivity contribution in [3.8, 4) is 0 Å². The molecule has 92 valence electrons. The van der Waals surface area contributed by atoms with Crippen molar-refractivity contribution in [2.75, 3.05) is 17.2 Å². The number of carbonyl (C=O) groups excluding carboxylic acids is 1. The van der Waals surface area contributed by atoms with Crippen LogP contribution in [0.2, 0.25) is 0 Å². The maximum atomic E-state index is 12.0. The molecule has 6 heteroatoms. The van der Waals surface area contributed by atoms with Crippen LogP contribution in [0.4, 0.5) is 10.8 Å². The van der Waals surface area contributed by atoms with Crippen molar-refractivity contribution in [1.29, 1.82) is 0 Å². The van der Waals surface area contributed by atoms with E-state index in [1.807, 2.05) is 30.3 Å². The molecule has 2 N–H and O–H groups in total. The number of nitrogens with zero attached hydrogens (tertiary/aromatic N) is 3. The standard InChI is InChI=1S/C12H12N4OS/c13-12-15-14-11(18-12)8-6-10(17)16(7-8)9-4-2-1-3-5-9/h1-5,8H,6-7H2,(H2,13,15)/t8-/m0/s1. The molecule has 1 atom stereocenters. The quantitative estimate of drug-likeness (QED) is 0.891. The molecule has 0 spiro atoms. The predicted octanol–water partition coefficient (Wildman–Crippen LogP) is 1.64. The van der Waals surface area contributed by atoms with Gasteiger partial charge in [0.05, 0.1) is 0 Å². The zero-order chi connectivity index (χ0) is 12.5. The Labute approximate surface area is 108 Å². The van der Waals surface area contributed by atoms with Crippen LogP contribution >= 0.6 is 11.3 Å². The average molecular weight is 260 g/mol. The summed E-state index contributed by atoms with van der Waals surface area (Å²) in [6.45, 7) is 0.650. The van der Waals surface area contributed by atoms with Gasteiger partial charge in [0.1, 0.15) is 5.01 Å². The number of benzene rings is 1. The minimum atomic E-state index is 0.104. The molecule has 2 heterocycles. The van der Waals surface area contributed by atoms with Crippen molar-refractivity contribution >= 4 is 28.1 Å². The molecule has 0 aliphatic carbocycles. The van der Waals surface area contributed by atoms with E-state index in [0.717, 1.165) is 10.7 Å². The summed E-state index contributed by atoms with van der Waals surface area (Å²) in [5.74, 6) is 0.229. The summed E-state index contributed by atoms with van der Waals surface area (Å²) in [6, 6.07) is 9.67. The minimum Gasteiger partial charge on any atom is -0.374 e. The molecule has 3 rings (SSSR count). The predicted molar refractivity (Wildman–Crippen MR) is 70.5 cm³/mol. The first-order valence-corrected chi connectivity index (χ1v) is 6.50. The molecule has 18 heavy (non-hydrogen) atoms. The van der Waals surface area contributed by atoms with Crippen LogP contribution in [0, 0.1) is 0 Å². The number of anilines is 2. The van der Waals surface area contributed by atoms with Gasteiger partial charge in [0.15, 0.2) is 0 Å². The number of nitrogens with two attached hydrogens (primary N) is 1. The van der Waals surface area contributed by atoms with Crippen LogP contribution in [0.1, 0.15) is 17.3 Å². The lowest BCUT2D eigenvalue weighted by atomic mass is 10.1. The highest BCUT2D eigenvalue weighted by Gasteiger charge is 2.33. The smallest absolute Gasteiger partial charge is 0.227 e. The lowest BCUT2D eigenvalue weighted by Gasteiger charge is -2.15. The Morgan fingerprint density at radius 2 is 2.06 bits per heavy atom. The minimum absolute atomic E-state index is 0.104. The number of hydrogen-bond donors (Lipinski definition) is 1. The lowest BCUT2D eigenvalue weighted by Crippen LogP contribution is -2.24. The summed E-state index contributed by atoms with van der Waals surface area (Å²) in [6.07, 6.45) is 0.476. The van der Waals surface area contributed by atoms with Gasteiger partial charge in [0.2, 0.25) is 11.0 Å². The largest absolute Gasteiger partial charge is 0.374 e. The van der Waals surface area contributed by atoms with E-state index in [1.54, 1.807) is 4.90 Å².